The van der Waals surface area contributed by atoms with Crippen molar-refractivity contribution in [3.8, 4) is 10.6 Å². The van der Waals surface area contributed by atoms with Crippen LogP contribution in [0.3, 0.4) is 0 Å². The van der Waals surface area contributed by atoms with E-state index in [2.05, 4.69) is 15.6 Å². The van der Waals surface area contributed by atoms with E-state index < -0.39 is 0 Å². The van der Waals surface area contributed by atoms with Gasteiger partial charge in [-0.2, -0.15) is 0 Å². The number of nitrogens with one attached hydrogen (secondary N) is 2. The van der Waals surface area contributed by atoms with Gasteiger partial charge in [-0.3, -0.25) is 4.79 Å². The fourth-order valence-electron chi connectivity index (χ4n) is 2.20. The monoisotopic (exact) mass is 273 g/mol. The molecule has 0 saturated carbocycles. The lowest BCUT2D eigenvalue weighted by atomic mass is 10.2. The Kier molecular flexibility index (Phi) is 3.57. The van der Waals surface area contributed by atoms with E-state index in [9.17, 15) is 4.79 Å². The highest BCUT2D eigenvalue weighted by molar-refractivity contribution is 7.13. The molecule has 1 saturated heterocycles. The first-order chi connectivity index (χ1) is 9.33. The molecule has 5 heteroatoms. The van der Waals surface area contributed by atoms with Gasteiger partial charge < -0.3 is 10.6 Å². The molecule has 1 aliphatic rings. The first-order valence-electron chi connectivity index (χ1n) is 6.37. The molecular formula is C14H15N3OS. The lowest BCUT2D eigenvalue weighted by Gasteiger charge is -2.11. The summed E-state index contributed by atoms with van der Waals surface area (Å²) in [6, 6.07) is 7.76. The average Bonchev–Trinajstić information content (AvgIpc) is 3.13. The second-order valence-corrected chi connectivity index (χ2v) is 5.45. The van der Waals surface area contributed by atoms with E-state index in [0.29, 0.717) is 0 Å². The van der Waals surface area contributed by atoms with Crippen molar-refractivity contribution < 1.29 is 4.79 Å². The number of carbonyl (C=O) groups excluding carboxylic acids is 1. The molecule has 2 aromatic rings. The van der Waals surface area contributed by atoms with E-state index in [0.717, 1.165) is 35.6 Å². The molecule has 1 amide bonds. The third-order valence-corrected chi connectivity index (χ3v) is 4.03. The topological polar surface area (TPSA) is 54.0 Å². The number of anilines is 1. The summed E-state index contributed by atoms with van der Waals surface area (Å²) in [6.07, 6.45) is 3.78. The maximum Gasteiger partial charge on any atom is 0.241 e. The SMILES string of the molecule is O=C(Nc1ccc(-c2nccs2)cc1)[C@@H]1CCCN1. The van der Waals surface area contributed by atoms with Gasteiger partial charge in [0, 0.05) is 22.8 Å². The predicted octanol–water partition coefficient (Wildman–Crippen LogP) is 2.50. The van der Waals surface area contributed by atoms with Crippen LogP contribution in [0.1, 0.15) is 12.8 Å². The largest absolute Gasteiger partial charge is 0.325 e. The molecule has 19 heavy (non-hydrogen) atoms. The van der Waals surface area contributed by atoms with E-state index in [-0.39, 0.29) is 11.9 Å². The summed E-state index contributed by atoms with van der Waals surface area (Å²) in [5.41, 5.74) is 1.91. The van der Waals surface area contributed by atoms with Gasteiger partial charge in [-0.25, -0.2) is 4.98 Å². The second kappa shape index (κ2) is 5.50. The third kappa shape index (κ3) is 2.83. The van der Waals surface area contributed by atoms with Gasteiger partial charge in [0.2, 0.25) is 5.91 Å². The van der Waals surface area contributed by atoms with Crippen molar-refractivity contribution in [2.24, 2.45) is 0 Å². The van der Waals surface area contributed by atoms with E-state index >= 15 is 0 Å². The Balaban J connectivity index is 1.67. The zero-order valence-electron chi connectivity index (χ0n) is 10.4. The molecule has 1 aromatic carbocycles. The van der Waals surface area contributed by atoms with E-state index in [4.69, 9.17) is 0 Å². The van der Waals surface area contributed by atoms with Crippen LogP contribution in [0.5, 0.6) is 0 Å². The van der Waals surface area contributed by atoms with Gasteiger partial charge in [-0.1, -0.05) is 0 Å². The van der Waals surface area contributed by atoms with Crippen LogP contribution in [-0.2, 0) is 4.79 Å². The molecule has 0 unspecified atom stereocenters. The van der Waals surface area contributed by atoms with Crippen LogP contribution in [0.25, 0.3) is 10.6 Å². The Morgan fingerprint density at radius 3 is 2.84 bits per heavy atom. The van der Waals surface area contributed by atoms with Gasteiger partial charge in [0.15, 0.2) is 0 Å². The summed E-state index contributed by atoms with van der Waals surface area (Å²) < 4.78 is 0. The van der Waals surface area contributed by atoms with Gasteiger partial charge in [-0.15, -0.1) is 11.3 Å². The van der Waals surface area contributed by atoms with Gasteiger partial charge in [0.25, 0.3) is 0 Å². The van der Waals surface area contributed by atoms with Crippen LogP contribution in [0.4, 0.5) is 5.69 Å². The highest BCUT2D eigenvalue weighted by atomic mass is 32.1. The summed E-state index contributed by atoms with van der Waals surface area (Å²) in [4.78, 5) is 16.2. The number of amides is 1. The summed E-state index contributed by atoms with van der Waals surface area (Å²) in [5, 5.41) is 9.08. The maximum absolute atomic E-state index is 11.9. The second-order valence-electron chi connectivity index (χ2n) is 4.55. The highest BCUT2D eigenvalue weighted by Crippen LogP contribution is 2.23. The van der Waals surface area contributed by atoms with E-state index in [1.807, 2.05) is 29.6 Å². The summed E-state index contributed by atoms with van der Waals surface area (Å²) in [6.45, 7) is 0.932. The molecule has 3 rings (SSSR count). The number of aromatic nitrogens is 1. The fraction of sp³-hybridized carbons (Fsp3) is 0.286. The van der Waals surface area contributed by atoms with Crippen LogP contribution in [0.15, 0.2) is 35.8 Å². The molecule has 0 radical (unpaired) electrons. The van der Waals surface area contributed by atoms with Crippen LogP contribution >= 0.6 is 11.3 Å². The molecule has 1 aromatic heterocycles. The van der Waals surface area contributed by atoms with Crippen molar-refractivity contribution >= 4 is 22.9 Å². The number of rotatable bonds is 3. The predicted molar refractivity (Wildman–Crippen MR) is 77.2 cm³/mol. The number of hydrogen-bond acceptors (Lipinski definition) is 4. The van der Waals surface area contributed by atoms with Crippen molar-refractivity contribution in [1.82, 2.24) is 10.3 Å². The Bertz CT molecular complexity index is 545. The average molecular weight is 273 g/mol. The Hall–Kier alpha value is -1.72. The van der Waals surface area contributed by atoms with Gasteiger partial charge >= 0.3 is 0 Å². The quantitative estimate of drug-likeness (QED) is 0.903. The molecule has 4 nitrogen and oxygen atoms in total. The molecule has 0 spiro atoms. The zero-order chi connectivity index (χ0) is 13.1. The third-order valence-electron chi connectivity index (χ3n) is 3.21. The molecule has 1 aliphatic heterocycles. The number of hydrogen-bond donors (Lipinski definition) is 2. The Morgan fingerprint density at radius 2 is 2.21 bits per heavy atom. The maximum atomic E-state index is 11.9. The van der Waals surface area contributed by atoms with Crippen molar-refractivity contribution in [2.75, 3.05) is 11.9 Å². The molecule has 0 bridgehead atoms. The van der Waals surface area contributed by atoms with Crippen LogP contribution in [0, 0.1) is 0 Å². The van der Waals surface area contributed by atoms with E-state index in [1.165, 1.54) is 0 Å². The van der Waals surface area contributed by atoms with Crippen LogP contribution < -0.4 is 10.6 Å². The first-order valence-corrected chi connectivity index (χ1v) is 7.25. The molecule has 2 N–H and O–H groups in total. The smallest absolute Gasteiger partial charge is 0.241 e. The zero-order valence-corrected chi connectivity index (χ0v) is 11.2. The van der Waals surface area contributed by atoms with Crippen molar-refractivity contribution in [1.29, 1.82) is 0 Å². The number of carbonyl (C=O) groups is 1. The molecular weight excluding hydrogens is 258 g/mol. The molecule has 0 aliphatic carbocycles. The highest BCUT2D eigenvalue weighted by Gasteiger charge is 2.21. The lowest BCUT2D eigenvalue weighted by molar-refractivity contribution is -0.117. The summed E-state index contributed by atoms with van der Waals surface area (Å²) >= 11 is 1.61. The molecule has 2 heterocycles. The van der Waals surface area contributed by atoms with Gasteiger partial charge in [0.1, 0.15) is 5.01 Å². The summed E-state index contributed by atoms with van der Waals surface area (Å²) in [7, 11) is 0. The number of thiazole rings is 1. The van der Waals surface area contributed by atoms with Crippen molar-refractivity contribution in [2.45, 2.75) is 18.9 Å². The van der Waals surface area contributed by atoms with Gasteiger partial charge in [-0.05, 0) is 43.7 Å². The minimum atomic E-state index is -0.0429. The van der Waals surface area contributed by atoms with Crippen molar-refractivity contribution in [3.63, 3.8) is 0 Å². The van der Waals surface area contributed by atoms with Gasteiger partial charge in [0.05, 0.1) is 6.04 Å². The van der Waals surface area contributed by atoms with Crippen LogP contribution in [0.2, 0.25) is 0 Å². The fourth-order valence-corrected chi connectivity index (χ4v) is 2.84. The summed E-state index contributed by atoms with van der Waals surface area (Å²) in [5.74, 6) is 0.0551. The Labute approximate surface area is 115 Å². The Morgan fingerprint density at radius 1 is 1.37 bits per heavy atom. The molecule has 98 valence electrons. The minimum absolute atomic E-state index is 0.0429. The lowest BCUT2D eigenvalue weighted by Crippen LogP contribution is -2.35. The standard InChI is InChI=1S/C14H15N3OS/c18-13(12-2-1-7-15-12)17-11-5-3-10(4-6-11)14-16-8-9-19-14/h3-6,8-9,12,15H,1-2,7H2,(H,17,18)/t12-/m0/s1. The number of benzene rings is 1. The molecule has 1 fully saturated rings. The normalized spacial score (nSPS) is 18.4. The van der Waals surface area contributed by atoms with Crippen molar-refractivity contribution in [3.05, 3.63) is 35.8 Å². The number of nitrogens with zero attached hydrogens (tertiary/aromatic N) is 1. The van der Waals surface area contributed by atoms with Crippen LogP contribution in [-0.4, -0.2) is 23.5 Å². The minimum Gasteiger partial charge on any atom is -0.325 e. The molecule has 1 atom stereocenters. The first kappa shape index (κ1) is 12.3. The van der Waals surface area contributed by atoms with E-state index in [1.54, 1.807) is 17.5 Å².